The predicted molar refractivity (Wildman–Crippen MR) is 82.0 cm³/mol. The van der Waals surface area contributed by atoms with Crippen LogP contribution in [0.25, 0.3) is 0 Å². The molecule has 0 atom stereocenters. The minimum Gasteiger partial charge on any atom is -0.370 e. The highest BCUT2D eigenvalue weighted by Gasteiger charge is 2.40. The lowest BCUT2D eigenvalue weighted by Gasteiger charge is -2.31. The van der Waals surface area contributed by atoms with Crippen LogP contribution in [-0.2, 0) is 12.8 Å². The zero-order valence-electron chi connectivity index (χ0n) is 11.7. The van der Waals surface area contributed by atoms with Crippen molar-refractivity contribution in [1.29, 1.82) is 0 Å². The molecule has 8 N–H and O–H groups in total. The van der Waals surface area contributed by atoms with Crippen LogP contribution in [0.4, 0.5) is 0 Å². The third-order valence-corrected chi connectivity index (χ3v) is 3.87. The Morgan fingerprint density at radius 3 is 1.85 bits per heavy atom. The van der Waals surface area contributed by atoms with Crippen LogP contribution in [0.5, 0.6) is 0 Å². The standard InChI is InChI=1S/C14H22N6/c1-2-14(19-12(15)16,20-13(17)18)11-7-9-5-3-4-6-10(9)8-11/h3-6,11H,2,7-8H2,1H3,(H4,15,16,19)(H4,17,18,20). The van der Waals surface area contributed by atoms with Crippen molar-refractivity contribution in [3.63, 3.8) is 0 Å². The van der Waals surface area contributed by atoms with E-state index in [4.69, 9.17) is 22.9 Å². The summed E-state index contributed by atoms with van der Waals surface area (Å²) in [5.41, 5.74) is 24.2. The summed E-state index contributed by atoms with van der Waals surface area (Å²) in [6.07, 6.45) is 2.39. The average Bonchev–Trinajstić information content (AvgIpc) is 2.80. The van der Waals surface area contributed by atoms with Gasteiger partial charge in [0.2, 0.25) is 0 Å². The van der Waals surface area contributed by atoms with E-state index in [9.17, 15) is 0 Å². The fourth-order valence-corrected chi connectivity index (χ4v) is 2.99. The van der Waals surface area contributed by atoms with E-state index >= 15 is 0 Å². The highest BCUT2D eigenvalue weighted by Crippen LogP contribution is 2.38. The maximum Gasteiger partial charge on any atom is 0.188 e. The van der Waals surface area contributed by atoms with Crippen molar-refractivity contribution < 1.29 is 0 Å². The molecule has 6 heteroatoms. The second-order valence-electron chi connectivity index (χ2n) is 5.18. The van der Waals surface area contributed by atoms with Crippen molar-refractivity contribution in [3.05, 3.63) is 35.4 Å². The van der Waals surface area contributed by atoms with Crippen LogP contribution in [0.2, 0.25) is 0 Å². The molecule has 0 fully saturated rings. The molecule has 0 saturated heterocycles. The summed E-state index contributed by atoms with van der Waals surface area (Å²) < 4.78 is 0. The molecule has 0 bridgehead atoms. The van der Waals surface area contributed by atoms with Crippen molar-refractivity contribution in [1.82, 2.24) is 0 Å². The summed E-state index contributed by atoms with van der Waals surface area (Å²) >= 11 is 0. The first-order valence-corrected chi connectivity index (χ1v) is 6.75. The normalized spacial score (nSPS) is 14.7. The molecule has 0 aromatic heterocycles. The van der Waals surface area contributed by atoms with Gasteiger partial charge in [-0.1, -0.05) is 31.2 Å². The number of aliphatic imine (C=N–C) groups is 2. The van der Waals surface area contributed by atoms with Gasteiger partial charge >= 0.3 is 0 Å². The van der Waals surface area contributed by atoms with Crippen molar-refractivity contribution >= 4 is 11.9 Å². The van der Waals surface area contributed by atoms with Gasteiger partial charge in [0, 0.05) is 5.92 Å². The van der Waals surface area contributed by atoms with Gasteiger partial charge in [0.05, 0.1) is 0 Å². The Kier molecular flexibility index (Phi) is 3.83. The van der Waals surface area contributed by atoms with E-state index in [0.29, 0.717) is 6.42 Å². The van der Waals surface area contributed by atoms with Crippen molar-refractivity contribution in [2.45, 2.75) is 31.8 Å². The van der Waals surface area contributed by atoms with Gasteiger partial charge < -0.3 is 22.9 Å². The number of benzene rings is 1. The first-order chi connectivity index (χ1) is 9.47. The number of fused-ring (bicyclic) bond motifs is 1. The molecule has 1 aromatic carbocycles. The lowest BCUT2D eigenvalue weighted by molar-refractivity contribution is 0.283. The number of guanidine groups is 2. The van der Waals surface area contributed by atoms with E-state index in [1.54, 1.807) is 0 Å². The maximum atomic E-state index is 5.58. The Balaban J connectivity index is 2.39. The average molecular weight is 274 g/mol. The van der Waals surface area contributed by atoms with E-state index in [2.05, 4.69) is 22.1 Å². The summed E-state index contributed by atoms with van der Waals surface area (Å²) in [6, 6.07) is 8.33. The van der Waals surface area contributed by atoms with Crippen molar-refractivity contribution in [2.75, 3.05) is 0 Å². The molecule has 0 amide bonds. The molecule has 1 aliphatic carbocycles. The van der Waals surface area contributed by atoms with Crippen LogP contribution >= 0.6 is 0 Å². The van der Waals surface area contributed by atoms with Gasteiger partial charge in [0.25, 0.3) is 0 Å². The topological polar surface area (TPSA) is 129 Å². The number of rotatable bonds is 4. The Morgan fingerprint density at radius 2 is 1.50 bits per heavy atom. The molecule has 2 rings (SSSR count). The molecule has 108 valence electrons. The molecule has 0 spiro atoms. The third kappa shape index (κ3) is 2.68. The van der Waals surface area contributed by atoms with Crippen LogP contribution < -0.4 is 22.9 Å². The molecule has 6 nitrogen and oxygen atoms in total. The van der Waals surface area contributed by atoms with E-state index in [0.717, 1.165) is 12.8 Å². The van der Waals surface area contributed by atoms with Gasteiger partial charge in [-0.2, -0.15) is 0 Å². The molecular weight excluding hydrogens is 252 g/mol. The molecule has 0 unspecified atom stereocenters. The highest BCUT2D eigenvalue weighted by atomic mass is 15.2. The minimum absolute atomic E-state index is 0.00723. The summed E-state index contributed by atoms with van der Waals surface area (Å²) in [5.74, 6) is 0.176. The number of hydrogen-bond acceptors (Lipinski definition) is 2. The number of hydrogen-bond donors (Lipinski definition) is 4. The monoisotopic (exact) mass is 274 g/mol. The highest BCUT2D eigenvalue weighted by molar-refractivity contribution is 5.78. The Bertz CT molecular complexity index is 497. The molecule has 0 saturated carbocycles. The number of nitrogens with zero attached hydrogens (tertiary/aromatic N) is 2. The lowest BCUT2D eigenvalue weighted by Crippen LogP contribution is -2.42. The van der Waals surface area contributed by atoms with Gasteiger partial charge in [-0.3, -0.25) is 0 Å². The van der Waals surface area contributed by atoms with Crippen LogP contribution in [0.1, 0.15) is 24.5 Å². The molecule has 1 aliphatic rings. The van der Waals surface area contributed by atoms with Gasteiger partial charge in [-0.05, 0) is 30.4 Å². The predicted octanol–water partition coefficient (Wildman–Crippen LogP) is 0.0545. The Labute approximate surface area is 118 Å². The summed E-state index contributed by atoms with van der Waals surface area (Å²) in [6.45, 7) is 1.99. The molecule has 1 aromatic rings. The fourth-order valence-electron chi connectivity index (χ4n) is 2.99. The molecule has 20 heavy (non-hydrogen) atoms. The van der Waals surface area contributed by atoms with E-state index in [1.165, 1.54) is 11.1 Å². The van der Waals surface area contributed by atoms with Gasteiger partial charge in [-0.15, -0.1) is 0 Å². The summed E-state index contributed by atoms with van der Waals surface area (Å²) in [5, 5.41) is 0. The Hall–Kier alpha value is -2.24. The zero-order valence-corrected chi connectivity index (χ0v) is 11.7. The third-order valence-electron chi connectivity index (χ3n) is 3.87. The minimum atomic E-state index is -0.781. The summed E-state index contributed by atoms with van der Waals surface area (Å²) in [4.78, 5) is 8.71. The summed E-state index contributed by atoms with van der Waals surface area (Å²) in [7, 11) is 0. The van der Waals surface area contributed by atoms with Crippen molar-refractivity contribution in [3.8, 4) is 0 Å². The quantitative estimate of drug-likeness (QED) is 0.457. The van der Waals surface area contributed by atoms with Crippen LogP contribution in [0.15, 0.2) is 34.3 Å². The van der Waals surface area contributed by atoms with E-state index in [1.807, 2.05) is 19.1 Å². The first kappa shape index (κ1) is 14.2. The Morgan fingerprint density at radius 1 is 1.05 bits per heavy atom. The smallest absolute Gasteiger partial charge is 0.188 e. The van der Waals surface area contributed by atoms with Crippen LogP contribution in [-0.4, -0.2) is 17.6 Å². The first-order valence-electron chi connectivity index (χ1n) is 6.75. The largest absolute Gasteiger partial charge is 0.370 e. The SMILES string of the molecule is CCC(N=C(N)N)(N=C(N)N)C1Cc2ccccc2C1. The lowest BCUT2D eigenvalue weighted by atomic mass is 9.88. The molecule has 0 heterocycles. The molecular formula is C14H22N6. The maximum absolute atomic E-state index is 5.58. The number of nitrogens with two attached hydrogens (primary N) is 4. The van der Waals surface area contributed by atoms with Crippen LogP contribution in [0.3, 0.4) is 0 Å². The molecule has 0 radical (unpaired) electrons. The van der Waals surface area contributed by atoms with E-state index < -0.39 is 5.66 Å². The van der Waals surface area contributed by atoms with Crippen molar-refractivity contribution in [2.24, 2.45) is 38.8 Å². The second-order valence-corrected chi connectivity index (χ2v) is 5.18. The van der Waals surface area contributed by atoms with Gasteiger partial charge in [-0.25, -0.2) is 9.98 Å². The second kappa shape index (κ2) is 5.40. The van der Waals surface area contributed by atoms with E-state index in [-0.39, 0.29) is 17.8 Å². The van der Waals surface area contributed by atoms with Gasteiger partial charge in [0.15, 0.2) is 17.6 Å². The zero-order chi connectivity index (χ0) is 14.8. The van der Waals surface area contributed by atoms with Crippen LogP contribution in [0, 0.1) is 5.92 Å². The fraction of sp³-hybridized carbons (Fsp3) is 0.429. The molecule has 0 aliphatic heterocycles. The van der Waals surface area contributed by atoms with Gasteiger partial charge in [0.1, 0.15) is 0 Å².